The third kappa shape index (κ3) is 5.30. The van der Waals surface area contributed by atoms with Crippen molar-refractivity contribution in [1.29, 1.82) is 0 Å². The summed E-state index contributed by atoms with van der Waals surface area (Å²) in [6.07, 6.45) is 0. The van der Waals surface area contributed by atoms with Gasteiger partial charge in [0.15, 0.2) is 17.5 Å². The molecule has 0 unspecified atom stereocenters. The van der Waals surface area contributed by atoms with E-state index in [1.54, 1.807) is 28.4 Å². The number of hydrogen-bond acceptors (Lipinski definition) is 6. The Morgan fingerprint density at radius 2 is 1.50 bits per heavy atom. The maximum absolute atomic E-state index is 5.53. The van der Waals surface area contributed by atoms with Gasteiger partial charge in [0.25, 0.3) is 0 Å². The molecule has 0 radical (unpaired) electrons. The highest BCUT2D eigenvalue weighted by atomic mass is 16.5. The number of anilines is 1. The number of nitrogens with zero attached hydrogens (tertiary/aromatic N) is 3. The Hall–Kier alpha value is -3.29. The molecule has 174 valence electrons. The number of para-hydroxylation sites is 2. The van der Waals surface area contributed by atoms with Crippen LogP contribution in [0.1, 0.15) is 12.5 Å². The fourth-order valence-electron chi connectivity index (χ4n) is 3.87. The van der Waals surface area contributed by atoms with Gasteiger partial charge in [-0.05, 0) is 36.8 Å². The number of guanidine groups is 1. The molecule has 0 aliphatic carbocycles. The van der Waals surface area contributed by atoms with Crippen molar-refractivity contribution in [1.82, 2.24) is 10.2 Å². The molecule has 1 heterocycles. The van der Waals surface area contributed by atoms with E-state index in [9.17, 15) is 0 Å². The van der Waals surface area contributed by atoms with Crippen LogP contribution in [0, 0.1) is 0 Å². The first-order chi connectivity index (χ1) is 15.6. The number of piperazine rings is 1. The van der Waals surface area contributed by atoms with Crippen molar-refractivity contribution in [3.63, 3.8) is 0 Å². The fourth-order valence-corrected chi connectivity index (χ4v) is 3.87. The molecular weight excluding hydrogens is 408 g/mol. The van der Waals surface area contributed by atoms with Crippen molar-refractivity contribution in [3.05, 3.63) is 42.0 Å². The Morgan fingerprint density at radius 3 is 2.06 bits per heavy atom. The van der Waals surface area contributed by atoms with E-state index in [0.29, 0.717) is 23.8 Å². The van der Waals surface area contributed by atoms with Crippen LogP contribution in [0.4, 0.5) is 5.69 Å². The van der Waals surface area contributed by atoms with E-state index in [4.69, 9.17) is 23.9 Å². The zero-order valence-electron chi connectivity index (χ0n) is 19.7. The Balaban J connectivity index is 1.72. The fraction of sp³-hybridized carbons (Fsp3) is 0.458. The molecule has 2 aromatic carbocycles. The standard InChI is InChI=1S/C24H34N4O4/c1-6-25-24(26-17-18-15-21(30-3)23(32-5)22(16-18)31-4)28-13-11-27(12-14-28)19-9-7-8-10-20(19)29-2/h7-10,15-16H,6,11-14,17H2,1-5H3,(H,25,26). The number of methoxy groups -OCH3 is 4. The van der Waals surface area contributed by atoms with Crippen molar-refractivity contribution in [2.75, 3.05) is 66.1 Å². The van der Waals surface area contributed by atoms with Crippen molar-refractivity contribution in [2.45, 2.75) is 13.5 Å². The largest absolute Gasteiger partial charge is 0.495 e. The maximum Gasteiger partial charge on any atom is 0.203 e. The molecule has 0 atom stereocenters. The van der Waals surface area contributed by atoms with Crippen LogP contribution in [0.5, 0.6) is 23.0 Å². The quantitative estimate of drug-likeness (QED) is 0.498. The number of ether oxygens (including phenoxy) is 4. The Labute approximate surface area is 190 Å². The van der Waals surface area contributed by atoms with Crippen LogP contribution in [0.25, 0.3) is 0 Å². The number of aliphatic imine (C=N–C) groups is 1. The first-order valence-electron chi connectivity index (χ1n) is 10.8. The Kier molecular flexibility index (Phi) is 8.30. The second-order valence-electron chi connectivity index (χ2n) is 7.35. The molecule has 0 bridgehead atoms. The van der Waals surface area contributed by atoms with Gasteiger partial charge in [0.2, 0.25) is 5.75 Å². The minimum absolute atomic E-state index is 0.506. The highest BCUT2D eigenvalue weighted by Gasteiger charge is 2.22. The van der Waals surface area contributed by atoms with Gasteiger partial charge in [-0.2, -0.15) is 0 Å². The summed E-state index contributed by atoms with van der Waals surface area (Å²) in [5.74, 6) is 3.66. The summed E-state index contributed by atoms with van der Waals surface area (Å²) in [7, 11) is 6.56. The Morgan fingerprint density at radius 1 is 0.875 bits per heavy atom. The molecule has 1 saturated heterocycles. The van der Waals surface area contributed by atoms with Gasteiger partial charge in [-0.3, -0.25) is 0 Å². The average molecular weight is 443 g/mol. The summed E-state index contributed by atoms with van der Waals surface area (Å²) in [5.41, 5.74) is 2.12. The number of benzene rings is 2. The van der Waals surface area contributed by atoms with E-state index in [1.165, 1.54) is 0 Å². The molecule has 0 spiro atoms. The van der Waals surface area contributed by atoms with E-state index in [1.807, 2.05) is 30.3 Å². The average Bonchev–Trinajstić information content (AvgIpc) is 2.85. The minimum atomic E-state index is 0.506. The summed E-state index contributed by atoms with van der Waals surface area (Å²) in [6.45, 7) is 6.94. The van der Waals surface area contributed by atoms with Gasteiger partial charge >= 0.3 is 0 Å². The second kappa shape index (κ2) is 11.4. The second-order valence-corrected chi connectivity index (χ2v) is 7.35. The monoisotopic (exact) mass is 442 g/mol. The molecule has 8 nitrogen and oxygen atoms in total. The van der Waals surface area contributed by atoms with E-state index < -0.39 is 0 Å². The first kappa shape index (κ1) is 23.4. The molecule has 1 aliphatic rings. The predicted molar refractivity (Wildman–Crippen MR) is 128 cm³/mol. The maximum atomic E-state index is 5.53. The number of rotatable bonds is 8. The highest BCUT2D eigenvalue weighted by Crippen LogP contribution is 2.38. The van der Waals surface area contributed by atoms with Crippen molar-refractivity contribution >= 4 is 11.6 Å². The summed E-state index contributed by atoms with van der Waals surface area (Å²) >= 11 is 0. The van der Waals surface area contributed by atoms with Crippen LogP contribution in [0.15, 0.2) is 41.4 Å². The smallest absolute Gasteiger partial charge is 0.203 e. The lowest BCUT2D eigenvalue weighted by atomic mass is 10.2. The normalized spacial score (nSPS) is 14.2. The van der Waals surface area contributed by atoms with Crippen LogP contribution >= 0.6 is 0 Å². The zero-order chi connectivity index (χ0) is 22.9. The van der Waals surface area contributed by atoms with Gasteiger partial charge in [-0.15, -0.1) is 0 Å². The van der Waals surface area contributed by atoms with Gasteiger partial charge < -0.3 is 34.1 Å². The zero-order valence-corrected chi connectivity index (χ0v) is 19.7. The van der Waals surface area contributed by atoms with Gasteiger partial charge in [0.05, 0.1) is 40.7 Å². The molecule has 2 aromatic rings. The van der Waals surface area contributed by atoms with Crippen molar-refractivity contribution < 1.29 is 18.9 Å². The van der Waals surface area contributed by atoms with E-state index in [2.05, 4.69) is 28.1 Å². The van der Waals surface area contributed by atoms with Crippen LogP contribution in [0.2, 0.25) is 0 Å². The van der Waals surface area contributed by atoms with Gasteiger partial charge in [0.1, 0.15) is 5.75 Å². The lowest BCUT2D eigenvalue weighted by Crippen LogP contribution is -2.52. The van der Waals surface area contributed by atoms with Crippen LogP contribution in [0.3, 0.4) is 0 Å². The molecule has 8 heteroatoms. The minimum Gasteiger partial charge on any atom is -0.495 e. The first-order valence-corrected chi connectivity index (χ1v) is 10.8. The van der Waals surface area contributed by atoms with Gasteiger partial charge in [-0.1, -0.05) is 12.1 Å². The summed E-state index contributed by atoms with van der Waals surface area (Å²) in [6, 6.07) is 12.0. The summed E-state index contributed by atoms with van der Waals surface area (Å²) < 4.78 is 21.9. The molecule has 32 heavy (non-hydrogen) atoms. The Bertz CT molecular complexity index is 886. The third-order valence-electron chi connectivity index (χ3n) is 5.48. The molecule has 1 N–H and O–H groups in total. The summed E-state index contributed by atoms with van der Waals surface area (Å²) in [4.78, 5) is 9.54. The lowest BCUT2D eigenvalue weighted by Gasteiger charge is -2.38. The molecule has 1 fully saturated rings. The molecule has 1 aliphatic heterocycles. The van der Waals surface area contributed by atoms with Crippen molar-refractivity contribution in [3.8, 4) is 23.0 Å². The van der Waals surface area contributed by atoms with Gasteiger partial charge in [0, 0.05) is 32.7 Å². The molecular formula is C24H34N4O4. The van der Waals surface area contributed by atoms with Crippen molar-refractivity contribution in [2.24, 2.45) is 4.99 Å². The van der Waals surface area contributed by atoms with E-state index in [0.717, 1.165) is 55.7 Å². The number of nitrogens with one attached hydrogen (secondary N) is 1. The summed E-state index contributed by atoms with van der Waals surface area (Å²) in [5, 5.41) is 3.43. The SMILES string of the molecule is CCNC(=NCc1cc(OC)c(OC)c(OC)c1)N1CCN(c2ccccc2OC)CC1. The third-order valence-corrected chi connectivity index (χ3v) is 5.48. The topological polar surface area (TPSA) is 67.8 Å². The molecule has 0 aromatic heterocycles. The predicted octanol–water partition coefficient (Wildman–Crippen LogP) is 3.01. The van der Waals surface area contributed by atoms with E-state index >= 15 is 0 Å². The number of hydrogen-bond donors (Lipinski definition) is 1. The van der Waals surface area contributed by atoms with Crippen LogP contribution in [-0.2, 0) is 6.54 Å². The molecule has 0 saturated carbocycles. The van der Waals surface area contributed by atoms with E-state index in [-0.39, 0.29) is 0 Å². The van der Waals surface area contributed by atoms with Crippen LogP contribution in [-0.4, -0.2) is 72.0 Å². The molecule has 0 amide bonds. The molecule has 3 rings (SSSR count). The van der Waals surface area contributed by atoms with Gasteiger partial charge in [-0.25, -0.2) is 4.99 Å². The lowest BCUT2D eigenvalue weighted by molar-refractivity contribution is 0.324. The highest BCUT2D eigenvalue weighted by molar-refractivity contribution is 5.80. The van der Waals surface area contributed by atoms with Crippen LogP contribution < -0.4 is 29.2 Å².